The van der Waals surface area contributed by atoms with Gasteiger partial charge in [-0.05, 0) is 34.7 Å². The van der Waals surface area contributed by atoms with E-state index in [-0.39, 0.29) is 0 Å². The smallest absolute Gasteiger partial charge is 0.148 e. The van der Waals surface area contributed by atoms with Crippen molar-refractivity contribution in [2.75, 3.05) is 44.1 Å². The summed E-state index contributed by atoms with van der Waals surface area (Å²) in [5, 5.41) is 3.06. The van der Waals surface area contributed by atoms with Gasteiger partial charge in [-0.3, -0.25) is 0 Å². The molecule has 0 bridgehead atoms. The van der Waals surface area contributed by atoms with Crippen LogP contribution in [0.25, 0.3) is 0 Å². The Morgan fingerprint density at radius 2 is 2.39 bits per heavy atom. The van der Waals surface area contributed by atoms with Crippen LogP contribution in [0, 0.1) is 5.92 Å². The lowest BCUT2D eigenvalue weighted by Crippen LogP contribution is -2.37. The molecule has 18 heavy (non-hydrogen) atoms. The summed E-state index contributed by atoms with van der Waals surface area (Å²) in [6.45, 7) is 2.85. The number of methoxy groups -OCH3 is 1. The van der Waals surface area contributed by atoms with Gasteiger partial charge in [0, 0.05) is 27.2 Å². The molecule has 1 atom stereocenters. The third-order valence-corrected chi connectivity index (χ3v) is 3.96. The Balaban J connectivity index is 2.15. The number of ether oxygens (including phenoxy) is 1. The normalized spacial score (nSPS) is 19.9. The second-order valence-electron chi connectivity index (χ2n) is 4.52. The van der Waals surface area contributed by atoms with Gasteiger partial charge in [0.1, 0.15) is 22.4 Å². The van der Waals surface area contributed by atoms with Crippen LogP contribution in [0.3, 0.4) is 0 Å². The Kier molecular flexibility index (Phi) is 4.77. The predicted molar refractivity (Wildman–Crippen MR) is 76.1 cm³/mol. The van der Waals surface area contributed by atoms with E-state index in [4.69, 9.17) is 4.74 Å². The largest absolute Gasteiger partial charge is 0.384 e. The highest BCUT2D eigenvalue weighted by Crippen LogP contribution is 2.31. The minimum absolute atomic E-state index is 0.587. The first-order valence-electron chi connectivity index (χ1n) is 6.18. The maximum Gasteiger partial charge on any atom is 0.148 e. The van der Waals surface area contributed by atoms with Crippen molar-refractivity contribution in [1.82, 2.24) is 9.97 Å². The predicted octanol–water partition coefficient (Wildman–Crippen LogP) is 2.14. The van der Waals surface area contributed by atoms with E-state index in [1.165, 1.54) is 12.8 Å². The summed E-state index contributed by atoms with van der Waals surface area (Å²) in [6.07, 6.45) is 4.01. The van der Waals surface area contributed by atoms with E-state index in [1.54, 1.807) is 13.4 Å². The lowest BCUT2D eigenvalue weighted by Gasteiger charge is -2.33. The highest BCUT2D eigenvalue weighted by atomic mass is 79.9. The van der Waals surface area contributed by atoms with Crippen LogP contribution in [-0.4, -0.2) is 43.8 Å². The number of rotatable bonds is 4. The zero-order chi connectivity index (χ0) is 13.0. The molecule has 1 saturated heterocycles. The van der Waals surface area contributed by atoms with Crippen LogP contribution < -0.4 is 10.2 Å². The van der Waals surface area contributed by atoms with Crippen LogP contribution in [0.15, 0.2) is 10.8 Å². The molecular formula is C12H19BrN4O. The van der Waals surface area contributed by atoms with Crippen molar-refractivity contribution in [1.29, 1.82) is 0 Å². The van der Waals surface area contributed by atoms with Gasteiger partial charge in [0.05, 0.1) is 6.61 Å². The van der Waals surface area contributed by atoms with Gasteiger partial charge in [-0.2, -0.15) is 0 Å². The monoisotopic (exact) mass is 314 g/mol. The summed E-state index contributed by atoms with van der Waals surface area (Å²) in [5.41, 5.74) is 0. The lowest BCUT2D eigenvalue weighted by molar-refractivity contribution is 0.143. The van der Waals surface area contributed by atoms with Crippen LogP contribution in [0.1, 0.15) is 12.8 Å². The Morgan fingerprint density at radius 1 is 1.56 bits per heavy atom. The van der Waals surface area contributed by atoms with Crippen LogP contribution in [0.2, 0.25) is 0 Å². The Labute approximate surface area is 116 Å². The summed E-state index contributed by atoms with van der Waals surface area (Å²) < 4.78 is 6.19. The van der Waals surface area contributed by atoms with Gasteiger partial charge in [-0.25, -0.2) is 9.97 Å². The van der Waals surface area contributed by atoms with Gasteiger partial charge in [0.15, 0.2) is 0 Å². The average Bonchev–Trinajstić information content (AvgIpc) is 2.40. The molecular weight excluding hydrogens is 296 g/mol. The molecule has 1 aliphatic rings. The molecule has 1 aromatic heterocycles. The van der Waals surface area contributed by atoms with Crippen molar-refractivity contribution in [3.05, 3.63) is 10.8 Å². The van der Waals surface area contributed by atoms with E-state index < -0.39 is 0 Å². The van der Waals surface area contributed by atoms with Gasteiger partial charge in [0.2, 0.25) is 0 Å². The zero-order valence-corrected chi connectivity index (χ0v) is 12.4. The number of anilines is 2. The van der Waals surface area contributed by atoms with E-state index in [2.05, 4.69) is 36.1 Å². The summed E-state index contributed by atoms with van der Waals surface area (Å²) in [7, 11) is 3.62. The maximum atomic E-state index is 5.26. The standard InChI is InChI=1S/C12H19BrN4O/c1-14-11-10(13)12(16-8-15-11)17-5-3-4-9(6-17)7-18-2/h8-9H,3-7H2,1-2H3,(H,14,15,16). The number of aromatic nitrogens is 2. The summed E-state index contributed by atoms with van der Waals surface area (Å²) in [6, 6.07) is 0. The molecule has 1 N–H and O–H groups in total. The summed E-state index contributed by atoms with van der Waals surface area (Å²) in [4.78, 5) is 10.9. The SMILES string of the molecule is CNc1ncnc(N2CCCC(COC)C2)c1Br. The second-order valence-corrected chi connectivity index (χ2v) is 5.31. The molecule has 0 aromatic carbocycles. The third kappa shape index (κ3) is 2.92. The number of halogens is 1. The minimum atomic E-state index is 0.587. The lowest BCUT2D eigenvalue weighted by atomic mass is 9.99. The first kappa shape index (κ1) is 13.5. The van der Waals surface area contributed by atoms with Crippen molar-refractivity contribution in [3.63, 3.8) is 0 Å². The van der Waals surface area contributed by atoms with E-state index in [0.717, 1.165) is 35.8 Å². The van der Waals surface area contributed by atoms with Gasteiger partial charge < -0.3 is 15.0 Å². The molecule has 2 rings (SSSR count). The molecule has 0 aliphatic carbocycles. The minimum Gasteiger partial charge on any atom is -0.384 e. The Morgan fingerprint density at radius 3 is 3.11 bits per heavy atom. The molecule has 0 radical (unpaired) electrons. The van der Waals surface area contributed by atoms with Crippen LogP contribution in [0.4, 0.5) is 11.6 Å². The molecule has 1 aromatic rings. The van der Waals surface area contributed by atoms with Crippen LogP contribution >= 0.6 is 15.9 Å². The molecule has 0 spiro atoms. The third-order valence-electron chi connectivity index (χ3n) is 3.23. The number of hydrogen-bond acceptors (Lipinski definition) is 5. The molecule has 6 heteroatoms. The molecule has 100 valence electrons. The molecule has 0 saturated carbocycles. The summed E-state index contributed by atoms with van der Waals surface area (Å²) >= 11 is 3.58. The highest BCUT2D eigenvalue weighted by molar-refractivity contribution is 9.10. The topological polar surface area (TPSA) is 50.3 Å². The van der Waals surface area contributed by atoms with E-state index >= 15 is 0 Å². The fraction of sp³-hybridized carbons (Fsp3) is 0.667. The average molecular weight is 315 g/mol. The maximum absolute atomic E-state index is 5.26. The fourth-order valence-electron chi connectivity index (χ4n) is 2.38. The number of hydrogen-bond donors (Lipinski definition) is 1. The quantitative estimate of drug-likeness (QED) is 0.922. The highest BCUT2D eigenvalue weighted by Gasteiger charge is 2.23. The molecule has 1 aliphatic heterocycles. The molecule has 2 heterocycles. The van der Waals surface area contributed by atoms with Crippen molar-refractivity contribution in [2.24, 2.45) is 5.92 Å². The summed E-state index contributed by atoms with van der Waals surface area (Å²) in [5.74, 6) is 2.38. The van der Waals surface area contributed by atoms with Crippen molar-refractivity contribution in [3.8, 4) is 0 Å². The van der Waals surface area contributed by atoms with Gasteiger partial charge in [-0.15, -0.1) is 0 Å². The second kappa shape index (κ2) is 6.33. The number of piperidine rings is 1. The van der Waals surface area contributed by atoms with Gasteiger partial charge in [0.25, 0.3) is 0 Å². The van der Waals surface area contributed by atoms with E-state index in [1.807, 2.05) is 7.05 Å². The molecule has 0 amide bonds. The zero-order valence-electron chi connectivity index (χ0n) is 10.8. The number of nitrogens with one attached hydrogen (secondary N) is 1. The fourth-order valence-corrected chi connectivity index (χ4v) is 3.04. The van der Waals surface area contributed by atoms with Gasteiger partial charge in [-0.1, -0.05) is 0 Å². The van der Waals surface area contributed by atoms with Gasteiger partial charge >= 0.3 is 0 Å². The van der Waals surface area contributed by atoms with Crippen molar-refractivity contribution >= 4 is 27.6 Å². The Bertz CT molecular complexity index is 400. The molecule has 1 fully saturated rings. The Hall–Kier alpha value is -0.880. The van der Waals surface area contributed by atoms with Crippen LogP contribution in [0.5, 0.6) is 0 Å². The molecule has 5 nitrogen and oxygen atoms in total. The van der Waals surface area contributed by atoms with E-state index in [0.29, 0.717) is 5.92 Å². The van der Waals surface area contributed by atoms with Crippen molar-refractivity contribution in [2.45, 2.75) is 12.8 Å². The molecule has 1 unspecified atom stereocenters. The van der Waals surface area contributed by atoms with E-state index in [9.17, 15) is 0 Å². The first-order chi connectivity index (χ1) is 8.76. The van der Waals surface area contributed by atoms with Crippen molar-refractivity contribution < 1.29 is 4.74 Å². The van der Waals surface area contributed by atoms with Crippen LogP contribution in [-0.2, 0) is 4.74 Å². The number of nitrogens with zero attached hydrogens (tertiary/aromatic N) is 3. The first-order valence-corrected chi connectivity index (χ1v) is 6.97.